The van der Waals surface area contributed by atoms with Crippen LogP contribution in [-0.4, -0.2) is 17.3 Å². The first-order valence-electron chi connectivity index (χ1n) is 9.83. The van der Waals surface area contributed by atoms with Crippen molar-refractivity contribution in [2.45, 2.75) is 4.90 Å². The maximum absolute atomic E-state index is 14.8. The lowest BCUT2D eigenvalue weighted by molar-refractivity contribution is 0.413. The molecule has 172 valence electrons. The van der Waals surface area contributed by atoms with Crippen LogP contribution in [0, 0.1) is 5.82 Å². The standard InChI is InChI=1S/C23H16ClFN4O3S2/c1-30-13-3-5-18(14(7-13)12-2-4-19-15(6-12)23(26)28-32-19)31-20-9-17(25)21(8-16(20)24)34-29-22-10-33-11-27-22/h2-11,29H,1H3,(H2,26,28). The minimum atomic E-state index is -0.485. The Balaban J connectivity index is 1.48. The largest absolute Gasteiger partial charge is 0.497 e. The third kappa shape index (κ3) is 4.47. The summed E-state index contributed by atoms with van der Waals surface area (Å²) in [5.41, 5.74) is 9.65. The normalized spacial score (nSPS) is 11.0. The van der Waals surface area contributed by atoms with Gasteiger partial charge >= 0.3 is 0 Å². The monoisotopic (exact) mass is 514 g/mol. The lowest BCUT2D eigenvalue weighted by Crippen LogP contribution is -1.94. The van der Waals surface area contributed by atoms with Gasteiger partial charge in [0, 0.05) is 17.0 Å². The molecule has 0 aliphatic rings. The second kappa shape index (κ2) is 9.41. The van der Waals surface area contributed by atoms with Gasteiger partial charge in [-0.1, -0.05) is 22.8 Å². The van der Waals surface area contributed by atoms with Gasteiger partial charge in [0.1, 0.15) is 28.9 Å². The van der Waals surface area contributed by atoms with Gasteiger partial charge in [0.25, 0.3) is 0 Å². The summed E-state index contributed by atoms with van der Waals surface area (Å²) in [6.07, 6.45) is 0. The molecule has 0 aliphatic heterocycles. The van der Waals surface area contributed by atoms with Crippen LogP contribution in [0.1, 0.15) is 0 Å². The number of nitrogens with one attached hydrogen (secondary N) is 1. The van der Waals surface area contributed by atoms with Crippen LogP contribution in [0.15, 0.2) is 68.8 Å². The zero-order chi connectivity index (χ0) is 23.7. The maximum Gasteiger partial charge on any atom is 0.174 e. The smallest absolute Gasteiger partial charge is 0.174 e. The summed E-state index contributed by atoms with van der Waals surface area (Å²) < 4.78 is 34.4. The van der Waals surface area contributed by atoms with Crippen LogP contribution in [-0.2, 0) is 0 Å². The number of nitrogens with zero attached hydrogens (tertiary/aromatic N) is 2. The number of hydrogen-bond acceptors (Lipinski definition) is 9. The van der Waals surface area contributed by atoms with Crippen molar-refractivity contribution >= 4 is 57.5 Å². The predicted molar refractivity (Wildman–Crippen MR) is 133 cm³/mol. The first-order valence-corrected chi connectivity index (χ1v) is 12.0. The number of rotatable bonds is 7. The Labute approximate surface area is 206 Å². The number of methoxy groups -OCH3 is 1. The molecule has 0 aliphatic carbocycles. The van der Waals surface area contributed by atoms with E-state index < -0.39 is 5.82 Å². The van der Waals surface area contributed by atoms with Crippen LogP contribution in [0.4, 0.5) is 16.0 Å². The number of ether oxygens (including phenoxy) is 2. The van der Waals surface area contributed by atoms with Gasteiger partial charge in [0.2, 0.25) is 0 Å². The van der Waals surface area contributed by atoms with Crippen LogP contribution < -0.4 is 19.9 Å². The van der Waals surface area contributed by atoms with Crippen molar-refractivity contribution in [1.29, 1.82) is 0 Å². The number of nitrogens with two attached hydrogens (primary N) is 1. The molecule has 5 aromatic rings. The molecule has 11 heteroatoms. The zero-order valence-corrected chi connectivity index (χ0v) is 19.9. The summed E-state index contributed by atoms with van der Waals surface area (Å²) >= 11 is 8.96. The summed E-state index contributed by atoms with van der Waals surface area (Å²) in [6, 6.07) is 13.5. The summed E-state index contributed by atoms with van der Waals surface area (Å²) in [6.45, 7) is 0. The van der Waals surface area contributed by atoms with E-state index in [0.717, 1.165) is 17.5 Å². The minimum Gasteiger partial charge on any atom is -0.497 e. The van der Waals surface area contributed by atoms with Gasteiger partial charge in [-0.25, -0.2) is 9.37 Å². The summed E-state index contributed by atoms with van der Waals surface area (Å²) in [4.78, 5) is 4.42. The van der Waals surface area contributed by atoms with Gasteiger partial charge in [-0.2, -0.15) is 0 Å². The van der Waals surface area contributed by atoms with E-state index in [1.54, 1.807) is 30.8 Å². The molecule has 7 nitrogen and oxygen atoms in total. The lowest BCUT2D eigenvalue weighted by Gasteiger charge is -2.15. The molecular weight excluding hydrogens is 499 g/mol. The summed E-state index contributed by atoms with van der Waals surface area (Å²) in [5, 5.41) is 6.54. The van der Waals surface area contributed by atoms with Crippen LogP contribution >= 0.6 is 34.9 Å². The highest BCUT2D eigenvalue weighted by molar-refractivity contribution is 8.00. The van der Waals surface area contributed by atoms with Gasteiger partial charge in [0.05, 0.1) is 27.9 Å². The molecule has 0 atom stereocenters. The van der Waals surface area contributed by atoms with Gasteiger partial charge in [-0.15, -0.1) is 11.3 Å². The molecule has 3 aromatic carbocycles. The molecule has 5 rings (SSSR count). The van der Waals surface area contributed by atoms with Crippen LogP contribution in [0.2, 0.25) is 5.02 Å². The van der Waals surface area contributed by atoms with Crippen LogP contribution in [0.5, 0.6) is 17.2 Å². The first-order chi connectivity index (χ1) is 16.5. The minimum absolute atomic E-state index is 0.175. The second-order valence-corrected chi connectivity index (χ2v) is 9.01. The SMILES string of the molecule is COc1ccc(Oc2cc(F)c(SNc3cscn3)cc2Cl)c(-c2ccc3onc(N)c3c2)c1. The Morgan fingerprint density at radius 1 is 1.15 bits per heavy atom. The first kappa shape index (κ1) is 22.3. The maximum atomic E-state index is 14.8. The molecule has 0 fully saturated rings. The topological polar surface area (TPSA) is 95.4 Å². The third-order valence-electron chi connectivity index (χ3n) is 4.90. The van der Waals surface area contributed by atoms with E-state index in [1.165, 1.54) is 23.5 Å². The van der Waals surface area contributed by atoms with E-state index in [2.05, 4.69) is 14.9 Å². The van der Waals surface area contributed by atoms with Crippen LogP contribution in [0.25, 0.3) is 22.1 Å². The number of halogens is 2. The van der Waals surface area contributed by atoms with E-state index >= 15 is 0 Å². The average Bonchev–Trinajstić information content (AvgIpc) is 3.50. The lowest BCUT2D eigenvalue weighted by atomic mass is 10.0. The van der Waals surface area contributed by atoms with Gasteiger partial charge in [-0.05, 0) is 53.9 Å². The average molecular weight is 515 g/mol. The van der Waals surface area contributed by atoms with Crippen LogP contribution in [0.3, 0.4) is 0 Å². The van der Waals surface area contributed by atoms with Gasteiger partial charge in [0.15, 0.2) is 11.4 Å². The highest BCUT2D eigenvalue weighted by Gasteiger charge is 2.16. The van der Waals surface area contributed by atoms with E-state index in [9.17, 15) is 4.39 Å². The molecule has 2 heterocycles. The molecule has 0 radical (unpaired) electrons. The Kier molecular flexibility index (Phi) is 6.18. The number of nitrogen functional groups attached to an aromatic ring is 1. The fraction of sp³-hybridized carbons (Fsp3) is 0.0435. The highest BCUT2D eigenvalue weighted by Crippen LogP contribution is 2.41. The number of benzene rings is 3. The number of aromatic nitrogens is 2. The number of hydrogen-bond donors (Lipinski definition) is 2. The molecule has 0 bridgehead atoms. The number of anilines is 2. The number of fused-ring (bicyclic) bond motifs is 1. The molecule has 2 aromatic heterocycles. The Morgan fingerprint density at radius 3 is 2.82 bits per heavy atom. The molecule has 0 unspecified atom stereocenters. The van der Waals surface area contributed by atoms with Crippen molar-refractivity contribution < 1.29 is 18.4 Å². The second-order valence-electron chi connectivity index (χ2n) is 7.03. The predicted octanol–water partition coefficient (Wildman–Crippen LogP) is 7.25. The van der Waals surface area contributed by atoms with E-state index in [1.807, 2.05) is 23.6 Å². The molecule has 0 amide bonds. The molecule has 0 saturated carbocycles. The summed E-state index contributed by atoms with van der Waals surface area (Å²) in [5.74, 6) is 1.69. The Hall–Kier alpha value is -3.47. The molecule has 0 saturated heterocycles. The summed E-state index contributed by atoms with van der Waals surface area (Å²) in [7, 11) is 1.57. The molecule has 34 heavy (non-hydrogen) atoms. The quantitative estimate of drug-likeness (QED) is 0.219. The molecule has 3 N–H and O–H groups in total. The van der Waals surface area contributed by atoms with Gasteiger partial charge < -0.3 is 24.5 Å². The molecular formula is C23H16ClFN4O3S2. The third-order valence-corrected chi connectivity index (χ3v) is 6.63. The van der Waals surface area contributed by atoms with Crippen molar-refractivity contribution in [3.63, 3.8) is 0 Å². The fourth-order valence-electron chi connectivity index (χ4n) is 3.23. The van der Waals surface area contributed by atoms with Crippen molar-refractivity contribution in [1.82, 2.24) is 10.1 Å². The Morgan fingerprint density at radius 2 is 2.03 bits per heavy atom. The van der Waals surface area contributed by atoms with Crippen molar-refractivity contribution in [2.75, 3.05) is 17.6 Å². The fourth-order valence-corrected chi connectivity index (χ4v) is 4.72. The van der Waals surface area contributed by atoms with Gasteiger partial charge in [-0.3, -0.25) is 0 Å². The van der Waals surface area contributed by atoms with E-state index in [4.69, 9.17) is 31.3 Å². The Bertz CT molecular complexity index is 1480. The van der Waals surface area contributed by atoms with E-state index in [0.29, 0.717) is 38.7 Å². The van der Waals surface area contributed by atoms with Crippen molar-refractivity contribution in [3.8, 4) is 28.4 Å². The highest BCUT2D eigenvalue weighted by atomic mass is 35.5. The van der Waals surface area contributed by atoms with E-state index in [-0.39, 0.29) is 16.6 Å². The van der Waals surface area contributed by atoms with Crippen molar-refractivity contribution in [3.05, 3.63) is 70.3 Å². The molecule has 0 spiro atoms. The number of thiazole rings is 1. The van der Waals surface area contributed by atoms with Crippen molar-refractivity contribution in [2.24, 2.45) is 0 Å². The zero-order valence-electron chi connectivity index (χ0n) is 17.5.